The van der Waals surface area contributed by atoms with E-state index in [1.54, 1.807) is 0 Å². The molecule has 0 bridgehead atoms. The second kappa shape index (κ2) is 4.27. The number of hydrogen-bond acceptors (Lipinski definition) is 3. The second-order valence-corrected chi connectivity index (χ2v) is 4.46. The number of anilines is 1. The Hall–Kier alpha value is -1.72. The van der Waals surface area contributed by atoms with Crippen molar-refractivity contribution in [2.24, 2.45) is 5.92 Å². The van der Waals surface area contributed by atoms with Crippen molar-refractivity contribution in [3.05, 3.63) is 33.9 Å². The third kappa shape index (κ3) is 2.35. The van der Waals surface area contributed by atoms with Crippen LogP contribution in [0, 0.1) is 27.7 Å². The van der Waals surface area contributed by atoms with Crippen LogP contribution < -0.4 is 5.32 Å². The van der Waals surface area contributed by atoms with Gasteiger partial charge in [-0.1, -0.05) is 6.92 Å². The topological polar surface area (TPSA) is 55.2 Å². The zero-order valence-electron chi connectivity index (χ0n) is 9.24. The molecule has 0 aliphatic heterocycles. The molecule has 0 aromatic heterocycles. The standard InChI is InChI=1S/C11H12F2N2O2/c1-6-2-8(3-6)14-10-5-7(12)4-9(13)11(10)15(16)17/h4-6,8,14H,2-3H2,1H3. The number of hydrogen-bond donors (Lipinski definition) is 1. The van der Waals surface area contributed by atoms with Crippen LogP contribution in [-0.2, 0) is 0 Å². The molecule has 1 N–H and O–H groups in total. The zero-order valence-corrected chi connectivity index (χ0v) is 9.24. The van der Waals surface area contributed by atoms with Gasteiger partial charge in [0.05, 0.1) is 4.92 Å². The van der Waals surface area contributed by atoms with Gasteiger partial charge in [-0.3, -0.25) is 10.1 Å². The highest BCUT2D eigenvalue weighted by Crippen LogP contribution is 2.34. The van der Waals surface area contributed by atoms with Gasteiger partial charge in [0.25, 0.3) is 0 Å². The lowest BCUT2D eigenvalue weighted by molar-refractivity contribution is -0.386. The van der Waals surface area contributed by atoms with E-state index in [4.69, 9.17) is 0 Å². The summed E-state index contributed by atoms with van der Waals surface area (Å²) in [6, 6.07) is 1.54. The quantitative estimate of drug-likeness (QED) is 0.654. The second-order valence-electron chi connectivity index (χ2n) is 4.46. The summed E-state index contributed by atoms with van der Waals surface area (Å²) < 4.78 is 26.3. The Balaban J connectivity index is 2.27. The van der Waals surface area contributed by atoms with Gasteiger partial charge in [0.2, 0.25) is 5.82 Å². The summed E-state index contributed by atoms with van der Waals surface area (Å²) in [7, 11) is 0. The smallest absolute Gasteiger partial charge is 0.327 e. The third-order valence-corrected chi connectivity index (χ3v) is 2.94. The van der Waals surface area contributed by atoms with Crippen LogP contribution in [0.15, 0.2) is 12.1 Å². The number of benzene rings is 1. The van der Waals surface area contributed by atoms with Crippen molar-refractivity contribution in [2.45, 2.75) is 25.8 Å². The fraction of sp³-hybridized carbons (Fsp3) is 0.455. The number of nitrogens with zero attached hydrogens (tertiary/aromatic N) is 1. The Kier molecular flexibility index (Phi) is 2.95. The molecule has 1 aromatic rings. The molecule has 4 nitrogen and oxygen atoms in total. The molecule has 0 spiro atoms. The van der Waals surface area contributed by atoms with Gasteiger partial charge in [-0.15, -0.1) is 0 Å². The van der Waals surface area contributed by atoms with Crippen LogP contribution >= 0.6 is 0 Å². The summed E-state index contributed by atoms with van der Waals surface area (Å²) in [5, 5.41) is 13.5. The SMILES string of the molecule is CC1CC(Nc2cc(F)cc(F)c2[N+](=O)[O-])C1. The largest absolute Gasteiger partial charge is 0.377 e. The van der Waals surface area contributed by atoms with Crippen LogP contribution in [0.25, 0.3) is 0 Å². The van der Waals surface area contributed by atoms with Crippen molar-refractivity contribution >= 4 is 11.4 Å². The molecule has 0 atom stereocenters. The molecule has 1 aromatic carbocycles. The number of nitro benzene ring substituents is 1. The van der Waals surface area contributed by atoms with E-state index in [1.807, 2.05) is 0 Å². The third-order valence-electron chi connectivity index (χ3n) is 2.94. The minimum absolute atomic E-state index is 0.0601. The van der Waals surface area contributed by atoms with Gasteiger partial charge in [-0.05, 0) is 18.8 Å². The highest BCUT2D eigenvalue weighted by atomic mass is 19.1. The maximum Gasteiger partial charge on any atom is 0.327 e. The lowest BCUT2D eigenvalue weighted by Gasteiger charge is -2.33. The molecule has 0 radical (unpaired) electrons. The Labute approximate surface area is 96.8 Å². The van der Waals surface area contributed by atoms with Crippen molar-refractivity contribution in [2.75, 3.05) is 5.32 Å². The number of halogens is 2. The van der Waals surface area contributed by atoms with Crippen LogP contribution in [0.4, 0.5) is 20.2 Å². The molecule has 1 aliphatic carbocycles. The Morgan fingerprint density at radius 1 is 1.41 bits per heavy atom. The average Bonchev–Trinajstić information content (AvgIpc) is 2.13. The van der Waals surface area contributed by atoms with Crippen LogP contribution in [-0.4, -0.2) is 11.0 Å². The Bertz CT molecular complexity index is 459. The van der Waals surface area contributed by atoms with Crippen molar-refractivity contribution in [3.8, 4) is 0 Å². The van der Waals surface area contributed by atoms with Gasteiger partial charge in [-0.2, -0.15) is 4.39 Å². The first-order valence-electron chi connectivity index (χ1n) is 5.37. The summed E-state index contributed by atoms with van der Waals surface area (Å²) in [4.78, 5) is 9.88. The predicted octanol–water partition coefficient (Wildman–Crippen LogP) is 3.08. The van der Waals surface area contributed by atoms with Crippen molar-refractivity contribution in [1.82, 2.24) is 0 Å². The highest BCUT2D eigenvalue weighted by molar-refractivity contribution is 5.62. The molecule has 0 unspecified atom stereocenters. The van der Waals surface area contributed by atoms with Crippen molar-refractivity contribution in [1.29, 1.82) is 0 Å². The maximum absolute atomic E-state index is 13.3. The van der Waals surface area contributed by atoms with E-state index in [2.05, 4.69) is 12.2 Å². The first-order chi connectivity index (χ1) is 7.97. The zero-order chi connectivity index (χ0) is 12.6. The van der Waals surface area contributed by atoms with Gasteiger partial charge in [0.1, 0.15) is 11.5 Å². The minimum Gasteiger partial charge on any atom is -0.377 e. The lowest BCUT2D eigenvalue weighted by atomic mass is 9.82. The molecule has 1 fully saturated rings. The summed E-state index contributed by atoms with van der Waals surface area (Å²) in [6.07, 6.45) is 1.71. The van der Waals surface area contributed by atoms with Gasteiger partial charge in [-0.25, -0.2) is 4.39 Å². The van der Waals surface area contributed by atoms with Crippen molar-refractivity contribution in [3.63, 3.8) is 0 Å². The Morgan fingerprint density at radius 3 is 2.59 bits per heavy atom. The van der Waals surface area contributed by atoms with Crippen LogP contribution in [0.3, 0.4) is 0 Å². The molecule has 0 amide bonds. The van der Waals surface area contributed by atoms with E-state index in [0.717, 1.165) is 18.9 Å². The monoisotopic (exact) mass is 242 g/mol. The molecular weight excluding hydrogens is 230 g/mol. The maximum atomic E-state index is 13.3. The summed E-state index contributed by atoms with van der Waals surface area (Å²) in [5.41, 5.74) is -0.768. The first kappa shape index (κ1) is 11.8. The van der Waals surface area contributed by atoms with Crippen LogP contribution in [0.1, 0.15) is 19.8 Å². The van der Waals surface area contributed by atoms with Gasteiger partial charge < -0.3 is 5.32 Å². The highest BCUT2D eigenvalue weighted by Gasteiger charge is 2.29. The van der Waals surface area contributed by atoms with Gasteiger partial charge in [0, 0.05) is 18.2 Å². The van der Waals surface area contributed by atoms with E-state index in [1.165, 1.54) is 0 Å². The first-order valence-corrected chi connectivity index (χ1v) is 5.37. The van der Waals surface area contributed by atoms with Crippen molar-refractivity contribution < 1.29 is 13.7 Å². The number of rotatable bonds is 3. The molecule has 92 valence electrons. The lowest BCUT2D eigenvalue weighted by Crippen LogP contribution is -2.34. The molecule has 6 heteroatoms. The van der Waals surface area contributed by atoms with E-state index < -0.39 is 22.2 Å². The van der Waals surface area contributed by atoms with E-state index >= 15 is 0 Å². The summed E-state index contributed by atoms with van der Waals surface area (Å²) in [5.74, 6) is -1.42. The number of nitrogens with one attached hydrogen (secondary N) is 1. The van der Waals surface area contributed by atoms with Crippen LogP contribution in [0.5, 0.6) is 0 Å². The molecule has 2 rings (SSSR count). The average molecular weight is 242 g/mol. The predicted molar refractivity (Wildman–Crippen MR) is 58.8 cm³/mol. The fourth-order valence-corrected chi connectivity index (χ4v) is 2.10. The summed E-state index contributed by atoms with van der Waals surface area (Å²) in [6.45, 7) is 2.05. The molecular formula is C11H12F2N2O2. The molecule has 17 heavy (non-hydrogen) atoms. The molecule has 0 heterocycles. The van der Waals surface area contributed by atoms with Gasteiger partial charge in [0.15, 0.2) is 0 Å². The normalized spacial score (nSPS) is 23.0. The molecule has 1 saturated carbocycles. The van der Waals surface area contributed by atoms with E-state index in [-0.39, 0.29) is 11.7 Å². The number of nitro groups is 1. The fourth-order valence-electron chi connectivity index (χ4n) is 2.10. The van der Waals surface area contributed by atoms with Gasteiger partial charge >= 0.3 is 5.69 Å². The Morgan fingerprint density at radius 2 is 2.06 bits per heavy atom. The minimum atomic E-state index is -1.15. The van der Waals surface area contributed by atoms with Crippen LogP contribution in [0.2, 0.25) is 0 Å². The summed E-state index contributed by atoms with van der Waals surface area (Å²) >= 11 is 0. The van der Waals surface area contributed by atoms with E-state index in [9.17, 15) is 18.9 Å². The van der Waals surface area contributed by atoms with E-state index in [0.29, 0.717) is 12.0 Å². The molecule has 0 saturated heterocycles. The molecule has 1 aliphatic rings.